The van der Waals surface area contributed by atoms with Crippen molar-refractivity contribution in [3.05, 3.63) is 108 Å². The van der Waals surface area contributed by atoms with E-state index < -0.39 is 0 Å². The van der Waals surface area contributed by atoms with Gasteiger partial charge in [-0.25, -0.2) is 0 Å². The van der Waals surface area contributed by atoms with E-state index in [1.54, 1.807) is 0 Å². The Balaban J connectivity index is 0.981. The molecule has 6 heteroatoms. The Morgan fingerprint density at radius 1 is 0.711 bits per heavy atom. The predicted molar refractivity (Wildman–Crippen MR) is 188 cm³/mol. The quantitative estimate of drug-likeness (QED) is 0.105. The van der Waals surface area contributed by atoms with Gasteiger partial charge in [-0.3, -0.25) is 4.79 Å². The number of hydrogen-bond donors (Lipinski definition) is 4. The Bertz CT molecular complexity index is 2240. The van der Waals surface area contributed by atoms with Gasteiger partial charge in [-0.2, -0.15) is 0 Å². The molecular formula is C39H34N4O2. The SMILES string of the molecule is CCNc1cc2c(cc1C)Nc1c(cc(NCCCNC(=O)c3ccc4ccc5cccc6ccc3c4c56)c3ccccc13)O2. The Labute approximate surface area is 261 Å². The first-order chi connectivity index (χ1) is 22.1. The Kier molecular flexibility index (Phi) is 6.56. The van der Waals surface area contributed by atoms with Crippen LogP contribution >= 0.6 is 0 Å². The molecule has 1 amide bonds. The number of aryl methyl sites for hydroxylation is 1. The van der Waals surface area contributed by atoms with E-state index in [2.05, 4.69) is 126 Å². The summed E-state index contributed by atoms with van der Waals surface area (Å²) in [6, 6.07) is 33.5. The van der Waals surface area contributed by atoms with Crippen LogP contribution in [0.1, 0.15) is 29.3 Å². The molecule has 0 atom stereocenters. The lowest BCUT2D eigenvalue weighted by Crippen LogP contribution is -2.26. The summed E-state index contributed by atoms with van der Waals surface area (Å²) in [5.41, 5.74) is 5.90. The van der Waals surface area contributed by atoms with Crippen molar-refractivity contribution >= 4 is 71.7 Å². The van der Waals surface area contributed by atoms with Crippen molar-refractivity contribution in [3.63, 3.8) is 0 Å². The van der Waals surface area contributed by atoms with Crippen molar-refractivity contribution in [1.82, 2.24) is 5.32 Å². The molecule has 0 saturated carbocycles. The highest BCUT2D eigenvalue weighted by atomic mass is 16.5. The molecule has 0 radical (unpaired) electrons. The van der Waals surface area contributed by atoms with E-state index in [0.29, 0.717) is 18.7 Å². The molecule has 8 rings (SSSR count). The van der Waals surface area contributed by atoms with Crippen LogP contribution in [0, 0.1) is 6.92 Å². The first kappa shape index (κ1) is 27.1. The normalized spacial score (nSPS) is 12.1. The van der Waals surface area contributed by atoms with E-state index in [4.69, 9.17) is 4.74 Å². The van der Waals surface area contributed by atoms with Gasteiger partial charge in [-0.05, 0) is 70.3 Å². The minimum Gasteiger partial charge on any atom is -0.453 e. The van der Waals surface area contributed by atoms with E-state index >= 15 is 0 Å². The molecule has 222 valence electrons. The first-order valence-electron chi connectivity index (χ1n) is 15.7. The first-order valence-corrected chi connectivity index (χ1v) is 15.7. The van der Waals surface area contributed by atoms with E-state index in [1.165, 1.54) is 21.7 Å². The summed E-state index contributed by atoms with van der Waals surface area (Å²) in [7, 11) is 0. The van der Waals surface area contributed by atoms with Crippen molar-refractivity contribution in [2.75, 3.05) is 35.6 Å². The fourth-order valence-corrected chi connectivity index (χ4v) is 6.75. The van der Waals surface area contributed by atoms with Crippen molar-refractivity contribution in [1.29, 1.82) is 0 Å². The van der Waals surface area contributed by atoms with Gasteiger partial charge < -0.3 is 26.0 Å². The van der Waals surface area contributed by atoms with Crippen molar-refractivity contribution in [2.24, 2.45) is 0 Å². The van der Waals surface area contributed by atoms with Crippen LogP contribution in [0.3, 0.4) is 0 Å². The van der Waals surface area contributed by atoms with Crippen LogP contribution in [0.25, 0.3) is 43.1 Å². The third kappa shape index (κ3) is 4.61. The summed E-state index contributed by atoms with van der Waals surface area (Å²) < 4.78 is 6.45. The van der Waals surface area contributed by atoms with Gasteiger partial charge in [0.1, 0.15) is 0 Å². The molecule has 4 N–H and O–H groups in total. The minimum atomic E-state index is -0.0440. The smallest absolute Gasteiger partial charge is 0.251 e. The Hall–Kier alpha value is -5.49. The van der Waals surface area contributed by atoms with Gasteiger partial charge in [0, 0.05) is 59.5 Å². The zero-order valence-electron chi connectivity index (χ0n) is 25.4. The molecule has 45 heavy (non-hydrogen) atoms. The number of amides is 1. The molecule has 7 aromatic rings. The van der Waals surface area contributed by atoms with Gasteiger partial charge in [0.15, 0.2) is 11.5 Å². The number of anilines is 4. The summed E-state index contributed by atoms with van der Waals surface area (Å²) in [6.07, 6.45) is 0.774. The number of hydrogen-bond acceptors (Lipinski definition) is 5. The van der Waals surface area contributed by atoms with Gasteiger partial charge in [0.2, 0.25) is 0 Å². The summed E-state index contributed by atoms with van der Waals surface area (Å²) in [4.78, 5) is 13.4. The number of ether oxygens (including phenoxy) is 1. The average molecular weight is 591 g/mol. The van der Waals surface area contributed by atoms with E-state index in [1.807, 2.05) is 6.07 Å². The molecule has 0 saturated heterocycles. The maximum absolute atomic E-state index is 13.4. The zero-order chi connectivity index (χ0) is 30.5. The summed E-state index contributed by atoms with van der Waals surface area (Å²) in [5.74, 6) is 1.55. The monoisotopic (exact) mass is 590 g/mol. The highest BCUT2D eigenvalue weighted by Crippen LogP contribution is 2.49. The standard InChI is InChI=1S/C39H34N4O2/c1-3-40-31-21-34-33(20-23(31)2)43-38-29-11-5-4-10-27(29)32(22-35(38)45-34)41-18-7-19-42-39(44)30-17-15-26-13-12-24-8-6-9-25-14-16-28(30)37(26)36(24)25/h4-6,8-17,20-22,40-41,43H,3,7,18-19H2,1-2H3,(H,42,44). The number of carbonyl (C=O) groups is 1. The molecule has 1 aliphatic rings. The number of nitrogens with one attached hydrogen (secondary N) is 4. The molecule has 0 spiro atoms. The lowest BCUT2D eigenvalue weighted by atomic mass is 9.92. The van der Waals surface area contributed by atoms with Gasteiger partial charge in [-0.1, -0.05) is 72.8 Å². The second-order valence-electron chi connectivity index (χ2n) is 11.8. The topological polar surface area (TPSA) is 74.4 Å². The van der Waals surface area contributed by atoms with Crippen LogP contribution < -0.4 is 26.0 Å². The van der Waals surface area contributed by atoms with Crippen LogP contribution in [0.2, 0.25) is 0 Å². The molecule has 7 aromatic carbocycles. The number of benzene rings is 7. The predicted octanol–water partition coefficient (Wildman–Crippen LogP) is 9.56. The summed E-state index contributed by atoms with van der Waals surface area (Å²) in [5, 5.41) is 23.0. The lowest BCUT2D eigenvalue weighted by molar-refractivity contribution is 0.0955. The van der Waals surface area contributed by atoms with Crippen LogP contribution in [0.5, 0.6) is 11.5 Å². The van der Waals surface area contributed by atoms with Gasteiger partial charge in [0.05, 0.1) is 11.4 Å². The van der Waals surface area contributed by atoms with E-state index in [-0.39, 0.29) is 5.91 Å². The second-order valence-corrected chi connectivity index (χ2v) is 11.8. The molecule has 1 heterocycles. The molecule has 6 nitrogen and oxygen atoms in total. The largest absolute Gasteiger partial charge is 0.453 e. The van der Waals surface area contributed by atoms with E-state index in [9.17, 15) is 4.79 Å². The fourth-order valence-electron chi connectivity index (χ4n) is 6.75. The van der Waals surface area contributed by atoms with Crippen molar-refractivity contribution in [3.8, 4) is 11.5 Å². The van der Waals surface area contributed by atoms with Crippen molar-refractivity contribution < 1.29 is 9.53 Å². The minimum absolute atomic E-state index is 0.0440. The van der Waals surface area contributed by atoms with Crippen LogP contribution in [0.15, 0.2) is 97.1 Å². The van der Waals surface area contributed by atoms with Gasteiger partial charge >= 0.3 is 0 Å². The maximum Gasteiger partial charge on any atom is 0.251 e. The highest BCUT2D eigenvalue weighted by Gasteiger charge is 2.22. The van der Waals surface area contributed by atoms with Crippen LogP contribution in [-0.4, -0.2) is 25.5 Å². The fraction of sp³-hybridized carbons (Fsp3) is 0.154. The molecule has 0 bridgehead atoms. The highest BCUT2D eigenvalue weighted by molar-refractivity contribution is 6.26. The molecule has 0 aliphatic carbocycles. The second kappa shape index (κ2) is 10.9. The average Bonchev–Trinajstić information content (AvgIpc) is 3.06. The van der Waals surface area contributed by atoms with Crippen molar-refractivity contribution in [2.45, 2.75) is 20.3 Å². The van der Waals surface area contributed by atoms with Crippen LogP contribution in [-0.2, 0) is 0 Å². The summed E-state index contributed by atoms with van der Waals surface area (Å²) >= 11 is 0. The molecule has 0 fully saturated rings. The number of fused-ring (bicyclic) bond motifs is 4. The van der Waals surface area contributed by atoms with Crippen LogP contribution in [0.4, 0.5) is 22.7 Å². The third-order valence-corrected chi connectivity index (χ3v) is 8.91. The Morgan fingerprint density at radius 3 is 2.27 bits per heavy atom. The molecule has 1 aliphatic heterocycles. The van der Waals surface area contributed by atoms with Gasteiger partial charge in [0.25, 0.3) is 5.91 Å². The number of carbonyl (C=O) groups excluding carboxylic acids is 1. The molecule has 0 aromatic heterocycles. The Morgan fingerprint density at radius 2 is 1.44 bits per heavy atom. The zero-order valence-corrected chi connectivity index (χ0v) is 25.4. The van der Waals surface area contributed by atoms with Gasteiger partial charge in [-0.15, -0.1) is 0 Å². The lowest BCUT2D eigenvalue weighted by Gasteiger charge is -2.26. The number of rotatable bonds is 8. The molecular weight excluding hydrogens is 556 g/mol. The summed E-state index contributed by atoms with van der Waals surface area (Å²) in [6.45, 7) is 6.32. The third-order valence-electron chi connectivity index (χ3n) is 8.91. The maximum atomic E-state index is 13.4. The van der Waals surface area contributed by atoms with E-state index in [0.717, 1.165) is 74.1 Å². The molecule has 0 unspecified atom stereocenters.